The van der Waals surface area contributed by atoms with Gasteiger partial charge in [-0.3, -0.25) is 23.8 Å². The van der Waals surface area contributed by atoms with Crippen LogP contribution in [0.25, 0.3) is 11.7 Å². The molecule has 2 saturated heterocycles. The predicted octanol–water partition coefficient (Wildman–Crippen LogP) is 3.36. The number of fused-ring (bicyclic) bond motifs is 2. The first-order chi connectivity index (χ1) is 18.4. The molecule has 38 heavy (non-hydrogen) atoms. The molecule has 1 aromatic carbocycles. The van der Waals surface area contributed by atoms with E-state index in [0.717, 1.165) is 36.7 Å². The number of nitrogens with zero attached hydrogens (tertiary/aromatic N) is 5. The van der Waals surface area contributed by atoms with E-state index in [-0.39, 0.29) is 24.3 Å². The molecule has 196 valence electrons. The van der Waals surface area contributed by atoms with Gasteiger partial charge in [-0.05, 0) is 49.8 Å². The third-order valence-electron chi connectivity index (χ3n) is 6.88. The fraction of sp³-hybridized carbons (Fsp3) is 0.333. The number of hydrogen-bond acceptors (Lipinski definition) is 9. The van der Waals surface area contributed by atoms with Gasteiger partial charge in [0.05, 0.1) is 10.5 Å². The van der Waals surface area contributed by atoms with Crippen LogP contribution in [-0.2, 0) is 11.3 Å². The van der Waals surface area contributed by atoms with Gasteiger partial charge in [-0.15, -0.1) is 0 Å². The minimum absolute atomic E-state index is 0.0541. The Balaban J connectivity index is 1.28. The van der Waals surface area contributed by atoms with Gasteiger partial charge in [0, 0.05) is 45.0 Å². The summed E-state index contributed by atoms with van der Waals surface area (Å²) in [4.78, 5) is 38.1. The minimum Gasteiger partial charge on any atom is -0.454 e. The number of pyridine rings is 1. The lowest BCUT2D eigenvalue weighted by atomic mass is 10.1. The number of hydrogen-bond donors (Lipinski definition) is 0. The van der Waals surface area contributed by atoms with E-state index in [9.17, 15) is 9.59 Å². The number of anilines is 1. The maximum Gasteiger partial charge on any atom is 0.267 e. The zero-order valence-corrected chi connectivity index (χ0v) is 22.8. The second-order valence-electron chi connectivity index (χ2n) is 9.68. The smallest absolute Gasteiger partial charge is 0.267 e. The number of carbonyl (C=O) groups is 1. The highest BCUT2D eigenvalue weighted by Crippen LogP contribution is 2.35. The Labute approximate surface area is 229 Å². The molecule has 2 aromatic heterocycles. The maximum atomic E-state index is 13.6. The molecule has 0 N–H and O–H groups in total. The Morgan fingerprint density at radius 2 is 1.87 bits per heavy atom. The number of benzene rings is 1. The Kier molecular flexibility index (Phi) is 6.58. The van der Waals surface area contributed by atoms with Gasteiger partial charge in [-0.1, -0.05) is 36.1 Å². The van der Waals surface area contributed by atoms with E-state index in [2.05, 4.69) is 15.9 Å². The van der Waals surface area contributed by atoms with E-state index >= 15 is 0 Å². The molecule has 0 atom stereocenters. The molecule has 6 rings (SSSR count). The molecule has 0 saturated carbocycles. The number of aromatic nitrogens is 2. The summed E-state index contributed by atoms with van der Waals surface area (Å²) < 4.78 is 13.0. The third kappa shape index (κ3) is 4.55. The van der Waals surface area contributed by atoms with Crippen LogP contribution in [0.2, 0.25) is 0 Å². The summed E-state index contributed by atoms with van der Waals surface area (Å²) in [6.07, 6.45) is 3.37. The molecule has 1 amide bonds. The van der Waals surface area contributed by atoms with Crippen molar-refractivity contribution in [2.24, 2.45) is 0 Å². The Morgan fingerprint density at radius 1 is 1.08 bits per heavy atom. The SMILES string of the molecule is CC(C)N1C(=O)C(=Cc2c(N3CCN(Cc4ccc5c(c4)OCO5)CC3)nc3ccccn3c2=O)SC1=S. The van der Waals surface area contributed by atoms with Crippen LogP contribution in [-0.4, -0.2) is 68.4 Å². The van der Waals surface area contributed by atoms with Gasteiger partial charge in [0.1, 0.15) is 15.8 Å². The Hall–Kier alpha value is -3.41. The van der Waals surface area contributed by atoms with Crippen LogP contribution in [0.4, 0.5) is 5.82 Å². The largest absolute Gasteiger partial charge is 0.454 e. The number of piperazine rings is 1. The Morgan fingerprint density at radius 3 is 2.63 bits per heavy atom. The second kappa shape index (κ2) is 10.0. The molecular weight excluding hydrogens is 522 g/mol. The first-order valence-corrected chi connectivity index (χ1v) is 13.8. The average Bonchev–Trinajstić information content (AvgIpc) is 3.49. The van der Waals surface area contributed by atoms with Crippen molar-refractivity contribution in [2.45, 2.75) is 26.4 Å². The van der Waals surface area contributed by atoms with Crippen LogP contribution in [0.3, 0.4) is 0 Å². The lowest BCUT2D eigenvalue weighted by molar-refractivity contribution is -0.123. The van der Waals surface area contributed by atoms with Crippen molar-refractivity contribution < 1.29 is 14.3 Å². The highest BCUT2D eigenvalue weighted by molar-refractivity contribution is 8.26. The molecule has 0 unspecified atom stereocenters. The maximum absolute atomic E-state index is 13.6. The molecule has 9 nitrogen and oxygen atoms in total. The monoisotopic (exact) mass is 549 g/mol. The van der Waals surface area contributed by atoms with Crippen LogP contribution in [0.1, 0.15) is 25.0 Å². The molecule has 3 aliphatic heterocycles. The Bertz CT molecular complexity index is 1530. The van der Waals surface area contributed by atoms with Crippen LogP contribution in [0.5, 0.6) is 11.5 Å². The van der Waals surface area contributed by atoms with Gasteiger partial charge in [0.15, 0.2) is 11.5 Å². The van der Waals surface area contributed by atoms with Crippen LogP contribution in [0, 0.1) is 0 Å². The van der Waals surface area contributed by atoms with Crippen molar-refractivity contribution in [1.82, 2.24) is 19.2 Å². The highest BCUT2D eigenvalue weighted by Gasteiger charge is 2.34. The van der Waals surface area contributed by atoms with Gasteiger partial charge in [-0.2, -0.15) is 0 Å². The van der Waals surface area contributed by atoms with Gasteiger partial charge in [0.25, 0.3) is 11.5 Å². The van der Waals surface area contributed by atoms with Crippen molar-refractivity contribution in [1.29, 1.82) is 0 Å². The van der Waals surface area contributed by atoms with Crippen LogP contribution in [0.15, 0.2) is 52.3 Å². The van der Waals surface area contributed by atoms with Crippen LogP contribution < -0.4 is 19.9 Å². The molecule has 0 bridgehead atoms. The summed E-state index contributed by atoms with van der Waals surface area (Å²) in [5.74, 6) is 1.99. The first kappa shape index (κ1) is 24.9. The van der Waals surface area contributed by atoms with E-state index in [1.165, 1.54) is 16.2 Å². The molecule has 2 fully saturated rings. The van der Waals surface area contributed by atoms with Gasteiger partial charge < -0.3 is 14.4 Å². The summed E-state index contributed by atoms with van der Waals surface area (Å²) in [7, 11) is 0. The van der Waals surface area contributed by atoms with E-state index in [1.807, 2.05) is 38.1 Å². The van der Waals surface area contributed by atoms with Gasteiger partial charge in [-0.25, -0.2) is 4.98 Å². The third-order valence-corrected chi connectivity index (χ3v) is 8.21. The number of amides is 1. The molecular formula is C27H27N5O4S2. The van der Waals surface area contributed by atoms with Crippen molar-refractivity contribution in [3.05, 3.63) is 69.0 Å². The second-order valence-corrected chi connectivity index (χ2v) is 11.4. The van der Waals surface area contributed by atoms with Gasteiger partial charge >= 0.3 is 0 Å². The number of rotatable bonds is 5. The lowest BCUT2D eigenvalue weighted by Crippen LogP contribution is -2.47. The number of ether oxygens (including phenoxy) is 2. The van der Waals surface area contributed by atoms with Crippen molar-refractivity contribution in [2.75, 3.05) is 37.9 Å². The molecule has 0 spiro atoms. The van der Waals surface area contributed by atoms with Crippen LogP contribution >= 0.6 is 24.0 Å². The minimum atomic E-state index is -0.205. The zero-order valence-electron chi connectivity index (χ0n) is 21.1. The fourth-order valence-electron chi connectivity index (χ4n) is 4.93. The van der Waals surface area contributed by atoms with E-state index in [4.69, 9.17) is 26.7 Å². The van der Waals surface area contributed by atoms with E-state index in [1.54, 1.807) is 23.2 Å². The topological polar surface area (TPSA) is 79.6 Å². The zero-order chi connectivity index (χ0) is 26.4. The summed E-state index contributed by atoms with van der Waals surface area (Å²) in [6.45, 7) is 7.92. The lowest BCUT2D eigenvalue weighted by Gasteiger charge is -2.36. The molecule has 3 aliphatic rings. The summed E-state index contributed by atoms with van der Waals surface area (Å²) in [6, 6.07) is 11.5. The summed E-state index contributed by atoms with van der Waals surface area (Å²) in [5, 5.41) is 0. The molecule has 3 aromatic rings. The molecule has 5 heterocycles. The number of thiocarbonyl (C=S) groups is 1. The molecule has 0 aliphatic carbocycles. The normalized spacial score (nSPS) is 19.0. The van der Waals surface area contributed by atoms with Crippen molar-refractivity contribution >= 4 is 51.7 Å². The molecule has 11 heteroatoms. The van der Waals surface area contributed by atoms with Crippen molar-refractivity contribution in [3.8, 4) is 11.5 Å². The number of carbonyl (C=O) groups excluding carboxylic acids is 1. The standard InChI is InChI=1S/C27H27N5O4S2/c1-17(2)32-26(34)22(38-27(32)37)14-19-24(28-23-5-3-4-8-31(23)25(19)33)30-11-9-29(10-12-30)15-18-6-7-20-21(13-18)36-16-35-20/h3-8,13-14,17H,9-12,15-16H2,1-2H3. The fourth-order valence-corrected chi connectivity index (χ4v) is 6.44. The highest BCUT2D eigenvalue weighted by atomic mass is 32.2. The summed E-state index contributed by atoms with van der Waals surface area (Å²) >= 11 is 6.68. The summed E-state index contributed by atoms with van der Waals surface area (Å²) in [5.41, 5.74) is 1.94. The van der Waals surface area contributed by atoms with E-state index < -0.39 is 0 Å². The average molecular weight is 550 g/mol. The number of thioether (sulfide) groups is 1. The predicted molar refractivity (Wildman–Crippen MR) is 152 cm³/mol. The molecule has 0 radical (unpaired) electrons. The van der Waals surface area contributed by atoms with E-state index in [0.29, 0.717) is 39.3 Å². The van der Waals surface area contributed by atoms with Crippen molar-refractivity contribution in [3.63, 3.8) is 0 Å². The quantitative estimate of drug-likeness (QED) is 0.352. The van der Waals surface area contributed by atoms with Gasteiger partial charge in [0.2, 0.25) is 6.79 Å². The first-order valence-electron chi connectivity index (χ1n) is 12.5.